The van der Waals surface area contributed by atoms with Crippen LogP contribution in [0.25, 0.3) is 0 Å². The number of benzene rings is 1. The molecule has 0 aliphatic rings. The molecule has 0 aliphatic carbocycles. The second-order valence-electron chi connectivity index (χ2n) is 2.47. The minimum absolute atomic E-state index is 0.177. The van der Waals surface area contributed by atoms with Crippen molar-refractivity contribution >= 4 is 29.5 Å². The van der Waals surface area contributed by atoms with Gasteiger partial charge >= 0.3 is 6.18 Å². The SMILES string of the molecule is O=Cc1cc(Cl)cc(C(F)(F)F)c1Cl. The van der Waals surface area contributed by atoms with Crippen molar-refractivity contribution in [2.75, 3.05) is 0 Å². The summed E-state index contributed by atoms with van der Waals surface area (Å²) in [6, 6.07) is 1.75. The van der Waals surface area contributed by atoms with E-state index in [0.717, 1.165) is 6.07 Å². The molecule has 0 saturated carbocycles. The topological polar surface area (TPSA) is 17.1 Å². The van der Waals surface area contributed by atoms with Crippen molar-refractivity contribution in [3.05, 3.63) is 33.3 Å². The molecule has 0 saturated heterocycles. The van der Waals surface area contributed by atoms with Gasteiger partial charge in [-0.15, -0.1) is 0 Å². The summed E-state index contributed by atoms with van der Waals surface area (Å²) < 4.78 is 36.9. The Morgan fingerprint density at radius 1 is 1.21 bits per heavy atom. The number of rotatable bonds is 1. The molecule has 1 rings (SSSR count). The molecule has 0 unspecified atom stereocenters. The summed E-state index contributed by atoms with van der Waals surface area (Å²) in [4.78, 5) is 10.3. The first-order valence-corrected chi connectivity index (χ1v) is 4.13. The fourth-order valence-electron chi connectivity index (χ4n) is 0.902. The highest BCUT2D eigenvalue weighted by molar-refractivity contribution is 6.35. The maximum atomic E-state index is 12.3. The fraction of sp³-hybridized carbons (Fsp3) is 0.125. The van der Waals surface area contributed by atoms with E-state index in [2.05, 4.69) is 0 Å². The third kappa shape index (κ3) is 2.19. The molecule has 0 N–H and O–H groups in total. The van der Waals surface area contributed by atoms with Crippen LogP contribution >= 0.6 is 23.2 Å². The Bertz CT molecular complexity index is 374. The van der Waals surface area contributed by atoms with Crippen LogP contribution in [0.5, 0.6) is 0 Å². The zero-order chi connectivity index (χ0) is 10.9. The van der Waals surface area contributed by atoms with Crippen LogP contribution in [0.15, 0.2) is 12.1 Å². The number of carbonyl (C=O) groups excluding carboxylic acids is 1. The summed E-state index contributed by atoms with van der Waals surface area (Å²) in [5, 5.41) is -0.805. The number of alkyl halides is 3. The van der Waals surface area contributed by atoms with Crippen LogP contribution in [0.3, 0.4) is 0 Å². The van der Waals surface area contributed by atoms with E-state index in [9.17, 15) is 18.0 Å². The Labute approximate surface area is 87.4 Å². The van der Waals surface area contributed by atoms with Gasteiger partial charge in [0, 0.05) is 10.6 Å². The van der Waals surface area contributed by atoms with Gasteiger partial charge in [-0.3, -0.25) is 4.79 Å². The first-order chi connectivity index (χ1) is 6.36. The molecule has 0 atom stereocenters. The summed E-state index contributed by atoms with van der Waals surface area (Å²) in [5.74, 6) is 0. The van der Waals surface area contributed by atoms with Gasteiger partial charge in [0.15, 0.2) is 6.29 Å². The van der Waals surface area contributed by atoms with Crippen LogP contribution in [0.1, 0.15) is 15.9 Å². The minimum Gasteiger partial charge on any atom is -0.298 e. The molecule has 0 bridgehead atoms. The number of hydrogen-bond acceptors (Lipinski definition) is 1. The predicted molar refractivity (Wildman–Crippen MR) is 46.9 cm³/mol. The van der Waals surface area contributed by atoms with Crippen molar-refractivity contribution in [3.63, 3.8) is 0 Å². The van der Waals surface area contributed by atoms with Gasteiger partial charge in [-0.25, -0.2) is 0 Å². The van der Waals surface area contributed by atoms with Crippen molar-refractivity contribution in [1.29, 1.82) is 0 Å². The largest absolute Gasteiger partial charge is 0.417 e. The van der Waals surface area contributed by atoms with E-state index in [-0.39, 0.29) is 16.9 Å². The molecule has 0 radical (unpaired) electrons. The van der Waals surface area contributed by atoms with Gasteiger partial charge < -0.3 is 0 Å². The Kier molecular flexibility index (Phi) is 3.07. The first-order valence-electron chi connectivity index (χ1n) is 3.37. The summed E-state index contributed by atoms with van der Waals surface area (Å²) in [5.41, 5.74) is -1.37. The van der Waals surface area contributed by atoms with E-state index in [0.29, 0.717) is 6.07 Å². The van der Waals surface area contributed by atoms with Gasteiger partial charge in [-0.1, -0.05) is 23.2 Å². The lowest BCUT2D eigenvalue weighted by Gasteiger charge is -2.10. The normalized spacial score (nSPS) is 11.5. The molecule has 6 heteroatoms. The van der Waals surface area contributed by atoms with E-state index in [1.807, 2.05) is 0 Å². The zero-order valence-electron chi connectivity index (χ0n) is 6.53. The molecule has 0 spiro atoms. The highest BCUT2D eigenvalue weighted by atomic mass is 35.5. The second kappa shape index (κ2) is 3.79. The Balaban J connectivity index is 3.44. The van der Waals surface area contributed by atoms with E-state index >= 15 is 0 Å². The molecule has 1 nitrogen and oxygen atoms in total. The van der Waals surface area contributed by atoms with Crippen molar-refractivity contribution in [2.45, 2.75) is 6.18 Å². The Hall–Kier alpha value is -0.740. The number of aldehydes is 1. The molecule has 14 heavy (non-hydrogen) atoms. The molecule has 1 aromatic carbocycles. The van der Waals surface area contributed by atoms with Gasteiger partial charge in [0.2, 0.25) is 0 Å². The van der Waals surface area contributed by atoms with E-state index in [1.54, 1.807) is 0 Å². The highest BCUT2D eigenvalue weighted by Gasteiger charge is 2.34. The van der Waals surface area contributed by atoms with Crippen molar-refractivity contribution in [3.8, 4) is 0 Å². The lowest BCUT2D eigenvalue weighted by atomic mass is 10.1. The average Bonchev–Trinajstić information content (AvgIpc) is 2.06. The molecule has 0 aromatic heterocycles. The average molecular weight is 243 g/mol. The highest BCUT2D eigenvalue weighted by Crippen LogP contribution is 2.37. The van der Waals surface area contributed by atoms with E-state index in [4.69, 9.17) is 23.2 Å². The lowest BCUT2D eigenvalue weighted by Crippen LogP contribution is -2.07. The smallest absolute Gasteiger partial charge is 0.298 e. The fourth-order valence-corrected chi connectivity index (χ4v) is 1.39. The summed E-state index contributed by atoms with van der Waals surface area (Å²) in [6.07, 6.45) is -4.39. The molecule has 1 aromatic rings. The van der Waals surface area contributed by atoms with Crippen molar-refractivity contribution in [2.24, 2.45) is 0 Å². The van der Waals surface area contributed by atoms with Crippen LogP contribution in [0.2, 0.25) is 10.0 Å². The Morgan fingerprint density at radius 3 is 2.21 bits per heavy atom. The van der Waals surface area contributed by atoms with Crippen molar-refractivity contribution < 1.29 is 18.0 Å². The van der Waals surface area contributed by atoms with E-state index < -0.39 is 16.8 Å². The quantitative estimate of drug-likeness (QED) is 0.685. The second-order valence-corrected chi connectivity index (χ2v) is 3.29. The van der Waals surface area contributed by atoms with Crippen LogP contribution in [0.4, 0.5) is 13.2 Å². The van der Waals surface area contributed by atoms with Gasteiger partial charge in [0.25, 0.3) is 0 Å². The first kappa shape index (κ1) is 11.3. The summed E-state index contributed by atoms with van der Waals surface area (Å²) in [6.45, 7) is 0. The minimum atomic E-state index is -4.61. The standard InChI is InChI=1S/C8H3Cl2F3O/c9-5-1-4(3-14)7(10)6(2-5)8(11,12)13/h1-3H. The number of halogens is 5. The molecule has 0 heterocycles. The van der Waals surface area contributed by atoms with E-state index in [1.165, 1.54) is 0 Å². The monoisotopic (exact) mass is 242 g/mol. The number of hydrogen-bond donors (Lipinski definition) is 0. The molecule has 0 amide bonds. The van der Waals surface area contributed by atoms with Crippen molar-refractivity contribution in [1.82, 2.24) is 0 Å². The van der Waals surface area contributed by atoms with Gasteiger partial charge in [-0.05, 0) is 12.1 Å². The lowest BCUT2D eigenvalue weighted by molar-refractivity contribution is -0.137. The van der Waals surface area contributed by atoms with Gasteiger partial charge in [-0.2, -0.15) is 13.2 Å². The molecule has 0 fully saturated rings. The zero-order valence-corrected chi connectivity index (χ0v) is 8.04. The third-order valence-corrected chi connectivity index (χ3v) is 2.14. The molecule has 76 valence electrons. The molecular formula is C8H3Cl2F3O. The number of carbonyl (C=O) groups is 1. The molecular weight excluding hydrogens is 240 g/mol. The molecule has 0 aliphatic heterocycles. The van der Waals surface area contributed by atoms with Gasteiger partial charge in [0.05, 0.1) is 10.6 Å². The predicted octanol–water partition coefficient (Wildman–Crippen LogP) is 3.82. The van der Waals surface area contributed by atoms with Crippen LogP contribution < -0.4 is 0 Å². The van der Waals surface area contributed by atoms with Gasteiger partial charge in [0.1, 0.15) is 0 Å². The van der Waals surface area contributed by atoms with Crippen LogP contribution in [-0.2, 0) is 6.18 Å². The Morgan fingerprint density at radius 2 is 1.79 bits per heavy atom. The van der Waals surface area contributed by atoms with Crippen LogP contribution in [0, 0.1) is 0 Å². The maximum Gasteiger partial charge on any atom is 0.417 e. The third-order valence-electron chi connectivity index (χ3n) is 1.50. The maximum absolute atomic E-state index is 12.3. The summed E-state index contributed by atoms with van der Waals surface area (Å²) in [7, 11) is 0. The summed E-state index contributed by atoms with van der Waals surface area (Å²) >= 11 is 10.7. The van der Waals surface area contributed by atoms with Crippen LogP contribution in [-0.4, -0.2) is 6.29 Å².